The van der Waals surface area contributed by atoms with Gasteiger partial charge >= 0.3 is 0 Å². The lowest BCUT2D eigenvalue weighted by Crippen LogP contribution is -2.39. The van der Waals surface area contributed by atoms with Crippen molar-refractivity contribution in [3.63, 3.8) is 0 Å². The van der Waals surface area contributed by atoms with Gasteiger partial charge in [-0.05, 0) is 67.6 Å². The summed E-state index contributed by atoms with van der Waals surface area (Å²) in [7, 11) is 1.64. The fraction of sp³-hybridized carbons (Fsp3) is 0.348. The van der Waals surface area contributed by atoms with Crippen LogP contribution in [-0.4, -0.2) is 46.6 Å². The van der Waals surface area contributed by atoms with Crippen LogP contribution < -0.4 is 5.32 Å². The minimum Gasteiger partial charge on any atom is -0.355 e. The Morgan fingerprint density at radius 3 is 2.50 bits per heavy atom. The Balaban J connectivity index is 1.41. The molecule has 0 bridgehead atoms. The highest BCUT2D eigenvalue weighted by molar-refractivity contribution is 6.30. The maximum Gasteiger partial charge on any atom is 0.253 e. The normalized spacial score (nSPS) is 14.8. The number of aromatic nitrogens is 2. The van der Waals surface area contributed by atoms with Gasteiger partial charge in [0.2, 0.25) is 0 Å². The average Bonchev–Trinajstić information content (AvgIpc) is 3.17. The summed E-state index contributed by atoms with van der Waals surface area (Å²) >= 11 is 5.92. The lowest BCUT2D eigenvalue weighted by atomic mass is 9.96. The van der Waals surface area contributed by atoms with E-state index in [4.69, 9.17) is 16.7 Å². The van der Waals surface area contributed by atoms with Crippen molar-refractivity contribution >= 4 is 34.3 Å². The molecular weight excluding hydrogens is 400 g/mol. The zero-order chi connectivity index (χ0) is 21.3. The Hall–Kier alpha value is -2.86. The topological polar surface area (TPSA) is 67.2 Å². The predicted molar refractivity (Wildman–Crippen MR) is 118 cm³/mol. The number of nitrogens with zero attached hydrogens (tertiary/aromatic N) is 3. The van der Waals surface area contributed by atoms with E-state index in [0.717, 1.165) is 48.9 Å². The van der Waals surface area contributed by atoms with E-state index in [9.17, 15) is 9.59 Å². The first-order valence-corrected chi connectivity index (χ1v) is 10.6. The van der Waals surface area contributed by atoms with Gasteiger partial charge in [-0.3, -0.25) is 14.3 Å². The van der Waals surface area contributed by atoms with Crippen LogP contribution in [0.1, 0.15) is 39.1 Å². The summed E-state index contributed by atoms with van der Waals surface area (Å²) < 4.78 is 1.98. The molecule has 2 aromatic carbocycles. The number of piperidine rings is 1. The number of rotatable bonds is 4. The monoisotopic (exact) mass is 424 g/mol. The number of carbonyl (C=O) groups is 2. The maximum absolute atomic E-state index is 12.7. The molecule has 1 fully saturated rings. The Morgan fingerprint density at radius 2 is 1.83 bits per heavy atom. The molecule has 4 rings (SSSR count). The molecule has 3 aromatic rings. The third-order valence-corrected chi connectivity index (χ3v) is 6.17. The summed E-state index contributed by atoms with van der Waals surface area (Å²) in [5.74, 6) is 0.444. The first-order chi connectivity index (χ1) is 14.5. The summed E-state index contributed by atoms with van der Waals surface area (Å²) in [6.45, 7) is 4.26. The standard InChI is InChI=1S/C23H25ClN4O2/c1-15-19(22(29)25-2)7-8-21-20(15)14-28(26-21)13-16-9-11-27(12-10-16)23(30)17-3-5-18(24)6-4-17/h3-8,14,16H,9-13H2,1-2H3,(H,25,29). The van der Waals surface area contributed by atoms with Gasteiger partial charge in [0.25, 0.3) is 11.8 Å². The van der Waals surface area contributed by atoms with Crippen LogP contribution in [0.25, 0.3) is 10.9 Å². The lowest BCUT2D eigenvalue weighted by molar-refractivity contribution is 0.0681. The van der Waals surface area contributed by atoms with E-state index in [-0.39, 0.29) is 11.8 Å². The van der Waals surface area contributed by atoms with Crippen molar-refractivity contribution in [1.29, 1.82) is 0 Å². The molecular formula is C23H25ClN4O2. The Labute approximate surface area is 180 Å². The van der Waals surface area contributed by atoms with Crippen LogP contribution in [0.2, 0.25) is 5.02 Å². The molecule has 156 valence electrons. The Morgan fingerprint density at radius 1 is 1.13 bits per heavy atom. The minimum atomic E-state index is -0.0834. The van der Waals surface area contributed by atoms with Gasteiger partial charge in [-0.25, -0.2) is 0 Å². The number of hydrogen-bond donors (Lipinski definition) is 1. The van der Waals surface area contributed by atoms with E-state index in [1.165, 1.54) is 0 Å². The molecule has 1 N–H and O–H groups in total. The number of fused-ring (bicyclic) bond motifs is 1. The van der Waals surface area contributed by atoms with Crippen molar-refractivity contribution in [2.45, 2.75) is 26.3 Å². The van der Waals surface area contributed by atoms with Gasteiger partial charge in [0, 0.05) is 54.4 Å². The minimum absolute atomic E-state index is 0.0623. The number of hydrogen-bond acceptors (Lipinski definition) is 3. The summed E-state index contributed by atoms with van der Waals surface area (Å²) in [6, 6.07) is 10.8. The van der Waals surface area contributed by atoms with E-state index < -0.39 is 0 Å². The van der Waals surface area contributed by atoms with Crippen LogP contribution in [0.5, 0.6) is 0 Å². The van der Waals surface area contributed by atoms with Crippen LogP contribution in [0.15, 0.2) is 42.6 Å². The van der Waals surface area contributed by atoms with Crippen molar-refractivity contribution in [2.24, 2.45) is 5.92 Å². The van der Waals surface area contributed by atoms with Gasteiger partial charge < -0.3 is 10.2 Å². The van der Waals surface area contributed by atoms with E-state index in [0.29, 0.717) is 22.1 Å². The van der Waals surface area contributed by atoms with Crippen molar-refractivity contribution in [2.75, 3.05) is 20.1 Å². The lowest BCUT2D eigenvalue weighted by Gasteiger charge is -2.32. The van der Waals surface area contributed by atoms with Crippen LogP contribution in [0.3, 0.4) is 0 Å². The molecule has 1 saturated heterocycles. The van der Waals surface area contributed by atoms with Gasteiger partial charge in [-0.15, -0.1) is 0 Å². The van der Waals surface area contributed by atoms with Crippen molar-refractivity contribution in [3.05, 3.63) is 64.3 Å². The number of likely N-dealkylation sites (tertiary alicyclic amines) is 1. The number of nitrogens with one attached hydrogen (secondary N) is 1. The largest absolute Gasteiger partial charge is 0.355 e. The molecule has 0 aliphatic carbocycles. The molecule has 2 amide bonds. The summed E-state index contributed by atoms with van der Waals surface area (Å²) in [5.41, 5.74) is 3.20. The van der Waals surface area contributed by atoms with Gasteiger partial charge in [0.05, 0.1) is 5.52 Å². The molecule has 1 aromatic heterocycles. The van der Waals surface area contributed by atoms with Gasteiger partial charge in [0.15, 0.2) is 0 Å². The zero-order valence-electron chi connectivity index (χ0n) is 17.2. The molecule has 7 heteroatoms. The molecule has 0 atom stereocenters. The Kier molecular flexibility index (Phi) is 5.77. The number of aryl methyl sites for hydroxylation is 1. The summed E-state index contributed by atoms with van der Waals surface area (Å²) in [6.07, 6.45) is 3.92. The summed E-state index contributed by atoms with van der Waals surface area (Å²) in [5, 5.41) is 9.02. The fourth-order valence-electron chi connectivity index (χ4n) is 4.11. The van der Waals surface area contributed by atoms with Crippen LogP contribution in [0, 0.1) is 12.8 Å². The van der Waals surface area contributed by atoms with Crippen molar-refractivity contribution < 1.29 is 9.59 Å². The third-order valence-electron chi connectivity index (χ3n) is 5.92. The second kappa shape index (κ2) is 8.48. The fourth-order valence-corrected chi connectivity index (χ4v) is 4.24. The second-order valence-electron chi connectivity index (χ2n) is 7.84. The highest BCUT2D eigenvalue weighted by Gasteiger charge is 2.24. The van der Waals surface area contributed by atoms with Crippen molar-refractivity contribution in [1.82, 2.24) is 20.0 Å². The summed E-state index contributed by atoms with van der Waals surface area (Å²) in [4.78, 5) is 26.6. The van der Waals surface area contributed by atoms with Gasteiger partial charge in [-0.2, -0.15) is 5.10 Å². The van der Waals surface area contributed by atoms with E-state index in [1.807, 2.05) is 34.8 Å². The van der Waals surface area contributed by atoms with Crippen LogP contribution in [-0.2, 0) is 6.54 Å². The number of amides is 2. The molecule has 1 aliphatic heterocycles. The van der Waals surface area contributed by atoms with Gasteiger partial charge in [-0.1, -0.05) is 11.6 Å². The maximum atomic E-state index is 12.7. The number of benzene rings is 2. The van der Waals surface area contributed by atoms with Crippen LogP contribution >= 0.6 is 11.6 Å². The molecule has 0 saturated carbocycles. The molecule has 0 radical (unpaired) electrons. The Bertz CT molecular complexity index is 1080. The molecule has 30 heavy (non-hydrogen) atoms. The van der Waals surface area contributed by atoms with Gasteiger partial charge in [0.1, 0.15) is 0 Å². The molecule has 6 nitrogen and oxygen atoms in total. The SMILES string of the molecule is CNC(=O)c1ccc2nn(CC3CCN(C(=O)c4ccc(Cl)cc4)CC3)cc2c1C. The van der Waals surface area contributed by atoms with E-state index in [2.05, 4.69) is 5.32 Å². The number of halogens is 1. The van der Waals surface area contributed by atoms with Crippen LogP contribution in [0.4, 0.5) is 0 Å². The van der Waals surface area contributed by atoms with Crippen molar-refractivity contribution in [3.8, 4) is 0 Å². The first kappa shape index (κ1) is 20.4. The smallest absolute Gasteiger partial charge is 0.253 e. The molecule has 2 heterocycles. The molecule has 0 spiro atoms. The predicted octanol–water partition coefficient (Wildman–Crippen LogP) is 3.91. The van der Waals surface area contributed by atoms with E-state index in [1.54, 1.807) is 31.3 Å². The van der Waals surface area contributed by atoms with E-state index >= 15 is 0 Å². The average molecular weight is 425 g/mol. The number of carbonyl (C=O) groups excluding carboxylic acids is 2. The quantitative estimate of drug-likeness (QED) is 0.690. The second-order valence-corrected chi connectivity index (χ2v) is 8.28. The highest BCUT2D eigenvalue weighted by Crippen LogP contribution is 2.24. The molecule has 0 unspecified atom stereocenters. The third kappa shape index (κ3) is 4.05. The molecule has 1 aliphatic rings. The first-order valence-electron chi connectivity index (χ1n) is 10.2. The zero-order valence-corrected chi connectivity index (χ0v) is 17.9. The highest BCUT2D eigenvalue weighted by atomic mass is 35.5.